The number of H-pyrrole nitrogens is 2. The Morgan fingerprint density at radius 1 is 0.833 bits per heavy atom. The van der Waals surface area contributed by atoms with Gasteiger partial charge in [0, 0.05) is 0 Å². The zero-order valence-corrected chi connectivity index (χ0v) is 9.27. The van der Waals surface area contributed by atoms with E-state index in [4.69, 9.17) is 0 Å². The van der Waals surface area contributed by atoms with Gasteiger partial charge in [-0.15, -0.1) is 0 Å². The molecule has 2 heterocycles. The third-order valence-electron chi connectivity index (χ3n) is 3.14. The molecule has 0 saturated carbocycles. The highest BCUT2D eigenvalue weighted by Gasteiger charge is 2.04. The zero-order chi connectivity index (χ0) is 12.1. The number of aromatic nitrogens is 4. The van der Waals surface area contributed by atoms with Crippen molar-refractivity contribution in [3.05, 3.63) is 47.3 Å². The Hall–Kier alpha value is -2.69. The maximum atomic E-state index is 11.7. The number of aromatic amines is 2. The summed E-state index contributed by atoms with van der Waals surface area (Å²) in [6.45, 7) is 0. The predicted octanol–water partition coefficient (Wildman–Crippen LogP) is 1.95. The number of nitrogens with one attached hydrogen (secondary N) is 2. The molecule has 2 N–H and O–H groups in total. The van der Waals surface area contributed by atoms with E-state index >= 15 is 0 Å². The summed E-state index contributed by atoms with van der Waals surface area (Å²) in [4.78, 5) is 25.8. The average molecular weight is 236 g/mol. The summed E-state index contributed by atoms with van der Waals surface area (Å²) in [6.07, 6.45) is 3.08. The van der Waals surface area contributed by atoms with Gasteiger partial charge in [0.05, 0.1) is 34.6 Å². The van der Waals surface area contributed by atoms with Crippen molar-refractivity contribution >= 4 is 32.7 Å². The van der Waals surface area contributed by atoms with Crippen molar-refractivity contribution in [3.8, 4) is 0 Å². The third kappa shape index (κ3) is 1.18. The molecule has 4 aromatic rings. The van der Waals surface area contributed by atoms with Gasteiger partial charge in [-0.3, -0.25) is 4.79 Å². The normalized spacial score (nSPS) is 11.6. The lowest BCUT2D eigenvalue weighted by atomic mass is 10.1. The van der Waals surface area contributed by atoms with Crippen LogP contribution in [0.15, 0.2) is 41.7 Å². The van der Waals surface area contributed by atoms with Gasteiger partial charge < -0.3 is 9.97 Å². The highest BCUT2D eigenvalue weighted by molar-refractivity contribution is 6.01. The van der Waals surface area contributed by atoms with Crippen molar-refractivity contribution in [1.29, 1.82) is 0 Å². The Balaban J connectivity index is 2.26. The summed E-state index contributed by atoms with van der Waals surface area (Å²) in [5.74, 6) is 0. The van der Waals surface area contributed by atoms with Gasteiger partial charge in [0.1, 0.15) is 0 Å². The Morgan fingerprint density at radius 3 is 2.50 bits per heavy atom. The van der Waals surface area contributed by atoms with E-state index in [1.165, 1.54) is 6.33 Å². The molecule has 18 heavy (non-hydrogen) atoms. The van der Waals surface area contributed by atoms with Gasteiger partial charge in [0.15, 0.2) is 0 Å². The van der Waals surface area contributed by atoms with Gasteiger partial charge in [-0.2, -0.15) is 0 Å². The Labute approximate surface area is 101 Å². The molecule has 0 aliphatic heterocycles. The predicted molar refractivity (Wildman–Crippen MR) is 69.5 cm³/mol. The molecule has 86 valence electrons. The van der Waals surface area contributed by atoms with Gasteiger partial charge in [-0.25, -0.2) is 9.97 Å². The monoisotopic (exact) mass is 236 g/mol. The molecule has 2 aromatic carbocycles. The van der Waals surface area contributed by atoms with E-state index < -0.39 is 0 Å². The SMILES string of the molecule is O=c1[nH]cnc2cc3cc4nc[nH]c4cc3cc12. The number of rotatable bonds is 0. The van der Waals surface area contributed by atoms with Gasteiger partial charge in [0.25, 0.3) is 5.56 Å². The molecule has 2 aromatic heterocycles. The van der Waals surface area contributed by atoms with E-state index in [1.807, 2.05) is 24.3 Å². The zero-order valence-electron chi connectivity index (χ0n) is 9.27. The minimum Gasteiger partial charge on any atom is -0.345 e. The molecule has 0 aliphatic carbocycles. The fourth-order valence-electron chi connectivity index (χ4n) is 2.25. The number of hydrogen-bond donors (Lipinski definition) is 2. The molecule has 0 radical (unpaired) electrons. The maximum Gasteiger partial charge on any atom is 0.258 e. The Bertz CT molecular complexity index is 951. The van der Waals surface area contributed by atoms with Crippen molar-refractivity contribution in [2.75, 3.05) is 0 Å². The number of fused-ring (bicyclic) bond motifs is 3. The van der Waals surface area contributed by atoms with E-state index in [1.54, 1.807) is 6.33 Å². The van der Waals surface area contributed by atoms with E-state index in [0.717, 1.165) is 21.8 Å². The number of benzene rings is 2. The first-order valence-electron chi connectivity index (χ1n) is 5.55. The molecule has 0 spiro atoms. The fraction of sp³-hybridized carbons (Fsp3) is 0. The first-order chi connectivity index (χ1) is 8.81. The summed E-state index contributed by atoms with van der Waals surface area (Å²) < 4.78 is 0. The highest BCUT2D eigenvalue weighted by Crippen LogP contribution is 2.23. The van der Waals surface area contributed by atoms with Crippen LogP contribution in [-0.2, 0) is 0 Å². The van der Waals surface area contributed by atoms with Crippen LogP contribution in [-0.4, -0.2) is 19.9 Å². The summed E-state index contributed by atoms with van der Waals surface area (Å²) in [5.41, 5.74) is 2.45. The molecule has 0 fully saturated rings. The second kappa shape index (κ2) is 3.16. The average Bonchev–Trinajstić information content (AvgIpc) is 2.81. The van der Waals surface area contributed by atoms with Crippen LogP contribution in [0.4, 0.5) is 0 Å². The van der Waals surface area contributed by atoms with Crippen LogP contribution in [0.3, 0.4) is 0 Å². The van der Waals surface area contributed by atoms with Crippen LogP contribution in [0, 0.1) is 0 Å². The smallest absolute Gasteiger partial charge is 0.258 e. The molecule has 0 bridgehead atoms. The van der Waals surface area contributed by atoms with Crippen LogP contribution in [0.2, 0.25) is 0 Å². The lowest BCUT2D eigenvalue weighted by molar-refractivity contribution is 1.17. The van der Waals surface area contributed by atoms with Crippen LogP contribution >= 0.6 is 0 Å². The summed E-state index contributed by atoms with van der Waals surface area (Å²) in [6, 6.07) is 7.75. The lowest BCUT2D eigenvalue weighted by Gasteiger charge is -2.01. The molecule has 0 atom stereocenters. The maximum absolute atomic E-state index is 11.7. The van der Waals surface area contributed by atoms with Crippen LogP contribution < -0.4 is 5.56 Å². The molecular weight excluding hydrogens is 228 g/mol. The summed E-state index contributed by atoms with van der Waals surface area (Å²) in [7, 11) is 0. The van der Waals surface area contributed by atoms with Crippen molar-refractivity contribution in [2.45, 2.75) is 0 Å². The van der Waals surface area contributed by atoms with Gasteiger partial charge >= 0.3 is 0 Å². The van der Waals surface area contributed by atoms with Crippen molar-refractivity contribution in [3.63, 3.8) is 0 Å². The van der Waals surface area contributed by atoms with Gasteiger partial charge in [-0.05, 0) is 35.0 Å². The van der Waals surface area contributed by atoms with E-state index in [0.29, 0.717) is 10.9 Å². The second-order valence-electron chi connectivity index (χ2n) is 4.22. The summed E-state index contributed by atoms with van der Waals surface area (Å²) in [5, 5.41) is 2.63. The molecule has 0 unspecified atom stereocenters. The van der Waals surface area contributed by atoms with E-state index in [2.05, 4.69) is 19.9 Å². The fourth-order valence-corrected chi connectivity index (χ4v) is 2.25. The highest BCUT2D eigenvalue weighted by atomic mass is 16.1. The van der Waals surface area contributed by atoms with Crippen LogP contribution in [0.1, 0.15) is 0 Å². The molecule has 5 nitrogen and oxygen atoms in total. The second-order valence-corrected chi connectivity index (χ2v) is 4.22. The van der Waals surface area contributed by atoms with Gasteiger partial charge in [0.2, 0.25) is 0 Å². The topological polar surface area (TPSA) is 74.4 Å². The number of imidazole rings is 1. The first-order valence-corrected chi connectivity index (χ1v) is 5.55. The van der Waals surface area contributed by atoms with Crippen molar-refractivity contribution in [2.24, 2.45) is 0 Å². The molecule has 4 rings (SSSR count). The van der Waals surface area contributed by atoms with Crippen LogP contribution in [0.25, 0.3) is 32.7 Å². The minimum absolute atomic E-state index is 0.119. The van der Waals surface area contributed by atoms with E-state index in [9.17, 15) is 4.79 Å². The molecule has 5 heteroatoms. The molecular formula is C13H8N4O. The molecule has 0 aliphatic rings. The largest absolute Gasteiger partial charge is 0.345 e. The van der Waals surface area contributed by atoms with Crippen molar-refractivity contribution in [1.82, 2.24) is 19.9 Å². The first kappa shape index (κ1) is 9.35. The quantitative estimate of drug-likeness (QED) is 0.458. The Kier molecular flexibility index (Phi) is 1.64. The summed E-state index contributed by atoms with van der Waals surface area (Å²) >= 11 is 0. The number of nitrogens with zero attached hydrogens (tertiary/aromatic N) is 2. The standard InChI is InChI=1S/C13H8N4O/c18-13-9-1-7-3-11-12(16-5-15-11)4-8(7)2-10(9)14-6-17-13/h1-6H,(H,15,16)(H,14,17,18). The van der Waals surface area contributed by atoms with Crippen LogP contribution in [0.5, 0.6) is 0 Å². The lowest BCUT2D eigenvalue weighted by Crippen LogP contribution is -2.05. The van der Waals surface area contributed by atoms with E-state index in [-0.39, 0.29) is 5.56 Å². The van der Waals surface area contributed by atoms with Gasteiger partial charge in [-0.1, -0.05) is 0 Å². The molecule has 0 amide bonds. The third-order valence-corrected chi connectivity index (χ3v) is 3.14. The van der Waals surface area contributed by atoms with Crippen molar-refractivity contribution < 1.29 is 0 Å². The molecule has 0 saturated heterocycles. The Morgan fingerprint density at radius 2 is 1.56 bits per heavy atom. The number of hydrogen-bond acceptors (Lipinski definition) is 3. The minimum atomic E-state index is -0.119.